The summed E-state index contributed by atoms with van der Waals surface area (Å²) in [5.74, 6) is 0.291. The zero-order valence-electron chi connectivity index (χ0n) is 12.5. The van der Waals surface area contributed by atoms with Gasteiger partial charge < -0.3 is 10.3 Å². The molecule has 114 valence electrons. The maximum atomic E-state index is 12.9. The molecule has 2 N–H and O–H groups in total. The summed E-state index contributed by atoms with van der Waals surface area (Å²) in [6.07, 6.45) is 0. The molecule has 22 heavy (non-hydrogen) atoms. The molecule has 0 saturated carbocycles. The first-order chi connectivity index (χ1) is 10.5. The number of fused-ring (bicyclic) bond motifs is 1. The minimum absolute atomic E-state index is 0.116. The molecule has 0 aliphatic carbocycles. The Hall–Kier alpha value is -2.21. The van der Waals surface area contributed by atoms with Crippen LogP contribution in [0.3, 0.4) is 0 Å². The van der Waals surface area contributed by atoms with Crippen LogP contribution in [0.25, 0.3) is 10.2 Å². The van der Waals surface area contributed by atoms with Crippen molar-refractivity contribution in [1.29, 1.82) is 0 Å². The molecule has 3 aromatic rings. The zero-order chi connectivity index (χ0) is 15.9. The van der Waals surface area contributed by atoms with Gasteiger partial charge in [-0.05, 0) is 50.6 Å². The first-order valence-corrected chi connectivity index (χ1v) is 7.79. The van der Waals surface area contributed by atoms with Gasteiger partial charge >= 0.3 is 0 Å². The van der Waals surface area contributed by atoms with E-state index in [1.165, 1.54) is 23.5 Å². The summed E-state index contributed by atoms with van der Waals surface area (Å²) < 4.78 is 12.9. The quantitative estimate of drug-likeness (QED) is 0.770. The third-order valence-electron chi connectivity index (χ3n) is 3.69. The van der Waals surface area contributed by atoms with Gasteiger partial charge in [-0.25, -0.2) is 9.37 Å². The maximum Gasteiger partial charge on any atom is 0.259 e. The van der Waals surface area contributed by atoms with E-state index in [1.807, 2.05) is 20.8 Å². The van der Waals surface area contributed by atoms with Gasteiger partial charge in [0, 0.05) is 10.6 Å². The van der Waals surface area contributed by atoms with E-state index in [4.69, 9.17) is 0 Å². The van der Waals surface area contributed by atoms with Crippen LogP contribution in [0.2, 0.25) is 0 Å². The highest BCUT2D eigenvalue weighted by atomic mass is 32.1. The average Bonchev–Trinajstić information content (AvgIpc) is 2.77. The number of aromatic amines is 1. The number of benzene rings is 1. The van der Waals surface area contributed by atoms with Gasteiger partial charge in [-0.3, -0.25) is 4.79 Å². The Balaban J connectivity index is 1.95. The Morgan fingerprint density at radius 3 is 2.64 bits per heavy atom. The smallest absolute Gasteiger partial charge is 0.259 e. The van der Waals surface area contributed by atoms with E-state index in [0.717, 1.165) is 21.0 Å². The molecule has 0 unspecified atom stereocenters. The molecule has 2 aromatic heterocycles. The number of halogens is 1. The van der Waals surface area contributed by atoms with E-state index in [-0.39, 0.29) is 17.4 Å². The van der Waals surface area contributed by atoms with E-state index < -0.39 is 0 Å². The molecule has 1 aromatic carbocycles. The summed E-state index contributed by atoms with van der Waals surface area (Å²) in [5.41, 5.74) is 1.64. The van der Waals surface area contributed by atoms with Crippen LogP contribution in [-0.2, 0) is 0 Å². The fraction of sp³-hybridized carbons (Fsp3) is 0.250. The van der Waals surface area contributed by atoms with Crippen molar-refractivity contribution < 1.29 is 4.39 Å². The number of nitrogens with zero attached hydrogens (tertiary/aromatic N) is 1. The number of hydrogen-bond donors (Lipinski definition) is 2. The molecule has 4 nitrogen and oxygen atoms in total. The summed E-state index contributed by atoms with van der Waals surface area (Å²) in [4.78, 5) is 21.5. The van der Waals surface area contributed by atoms with E-state index in [0.29, 0.717) is 11.2 Å². The summed E-state index contributed by atoms with van der Waals surface area (Å²) in [7, 11) is 0. The summed E-state index contributed by atoms with van der Waals surface area (Å²) in [6, 6.07) is 5.90. The van der Waals surface area contributed by atoms with Crippen molar-refractivity contribution in [3.63, 3.8) is 0 Å². The van der Waals surface area contributed by atoms with Gasteiger partial charge in [0.15, 0.2) is 0 Å². The SMILES string of the molecule is Cc1sc2nc([C@@H](C)Nc3ccc(F)cc3)[nH]c(=O)c2c1C. The molecule has 6 heteroatoms. The van der Waals surface area contributed by atoms with Crippen LogP contribution in [0.5, 0.6) is 0 Å². The van der Waals surface area contributed by atoms with Gasteiger partial charge in [-0.2, -0.15) is 0 Å². The molecule has 0 fully saturated rings. The molecular weight excluding hydrogens is 301 g/mol. The van der Waals surface area contributed by atoms with Crippen LogP contribution in [-0.4, -0.2) is 9.97 Å². The van der Waals surface area contributed by atoms with Gasteiger partial charge in [-0.15, -0.1) is 11.3 Å². The van der Waals surface area contributed by atoms with Crippen LogP contribution in [0.4, 0.5) is 10.1 Å². The second kappa shape index (κ2) is 5.53. The lowest BCUT2D eigenvalue weighted by Crippen LogP contribution is -2.17. The molecule has 3 rings (SSSR count). The van der Waals surface area contributed by atoms with Crippen molar-refractivity contribution in [3.05, 3.63) is 56.7 Å². The molecule has 0 aliphatic heterocycles. The van der Waals surface area contributed by atoms with Crippen LogP contribution in [0.15, 0.2) is 29.1 Å². The van der Waals surface area contributed by atoms with Crippen LogP contribution < -0.4 is 10.9 Å². The second-order valence-corrected chi connectivity index (χ2v) is 6.49. The normalized spacial score (nSPS) is 12.5. The number of aryl methyl sites for hydroxylation is 2. The fourth-order valence-electron chi connectivity index (χ4n) is 2.34. The number of thiophene rings is 1. The fourth-order valence-corrected chi connectivity index (χ4v) is 3.38. The topological polar surface area (TPSA) is 57.8 Å². The highest BCUT2D eigenvalue weighted by molar-refractivity contribution is 7.18. The minimum atomic E-state index is -0.282. The van der Waals surface area contributed by atoms with Crippen molar-refractivity contribution >= 4 is 27.2 Å². The van der Waals surface area contributed by atoms with E-state index >= 15 is 0 Å². The Morgan fingerprint density at radius 1 is 1.27 bits per heavy atom. The van der Waals surface area contributed by atoms with Crippen LogP contribution >= 0.6 is 11.3 Å². The second-order valence-electron chi connectivity index (χ2n) is 5.29. The minimum Gasteiger partial charge on any atom is -0.375 e. The molecule has 0 aliphatic rings. The van der Waals surface area contributed by atoms with Crippen molar-refractivity contribution in [2.24, 2.45) is 0 Å². The predicted octanol–water partition coefficient (Wildman–Crippen LogP) is 3.91. The first-order valence-electron chi connectivity index (χ1n) is 6.97. The number of hydrogen-bond acceptors (Lipinski definition) is 4. The monoisotopic (exact) mass is 317 g/mol. The Labute approximate surface area is 131 Å². The number of nitrogens with one attached hydrogen (secondary N) is 2. The highest BCUT2D eigenvalue weighted by Gasteiger charge is 2.15. The van der Waals surface area contributed by atoms with Crippen molar-refractivity contribution in [3.8, 4) is 0 Å². The van der Waals surface area contributed by atoms with E-state index in [9.17, 15) is 9.18 Å². The third kappa shape index (κ3) is 2.62. The Morgan fingerprint density at radius 2 is 1.95 bits per heavy atom. The largest absolute Gasteiger partial charge is 0.375 e. The van der Waals surface area contributed by atoms with Gasteiger partial charge in [0.2, 0.25) is 0 Å². The average molecular weight is 317 g/mol. The number of H-pyrrole nitrogens is 1. The molecule has 0 saturated heterocycles. The van der Waals surface area contributed by atoms with Crippen LogP contribution in [0, 0.1) is 19.7 Å². The lowest BCUT2D eigenvalue weighted by Gasteiger charge is -2.14. The summed E-state index contributed by atoms with van der Waals surface area (Å²) in [6.45, 7) is 5.83. The summed E-state index contributed by atoms with van der Waals surface area (Å²) in [5, 5.41) is 3.87. The molecule has 0 bridgehead atoms. The van der Waals surface area contributed by atoms with Crippen molar-refractivity contribution in [1.82, 2.24) is 9.97 Å². The number of rotatable bonds is 3. The molecule has 2 heterocycles. The summed E-state index contributed by atoms with van der Waals surface area (Å²) >= 11 is 1.52. The van der Waals surface area contributed by atoms with Crippen molar-refractivity contribution in [2.45, 2.75) is 26.8 Å². The van der Waals surface area contributed by atoms with Gasteiger partial charge in [0.1, 0.15) is 16.5 Å². The van der Waals surface area contributed by atoms with E-state index in [2.05, 4.69) is 15.3 Å². The van der Waals surface area contributed by atoms with Gasteiger partial charge in [0.05, 0.1) is 11.4 Å². The zero-order valence-corrected chi connectivity index (χ0v) is 13.3. The first kappa shape index (κ1) is 14.7. The molecule has 0 amide bonds. The molecule has 1 atom stereocenters. The van der Waals surface area contributed by atoms with E-state index in [1.54, 1.807) is 12.1 Å². The van der Waals surface area contributed by atoms with Crippen LogP contribution in [0.1, 0.15) is 29.2 Å². The number of anilines is 1. The lowest BCUT2D eigenvalue weighted by atomic mass is 10.2. The molecular formula is C16H16FN3OS. The standard InChI is InChI=1S/C16H16FN3OS/c1-8-10(3)22-16-13(8)15(21)19-14(20-16)9(2)18-12-6-4-11(17)5-7-12/h4-7,9,18H,1-3H3,(H,19,20,21)/t9-/m1/s1. The van der Waals surface area contributed by atoms with Gasteiger partial charge in [0.25, 0.3) is 5.56 Å². The van der Waals surface area contributed by atoms with Crippen molar-refractivity contribution in [2.75, 3.05) is 5.32 Å². The molecule has 0 spiro atoms. The Bertz CT molecular complexity index is 883. The number of aromatic nitrogens is 2. The predicted molar refractivity (Wildman–Crippen MR) is 88.2 cm³/mol. The maximum absolute atomic E-state index is 12.9. The third-order valence-corrected chi connectivity index (χ3v) is 4.80. The lowest BCUT2D eigenvalue weighted by molar-refractivity contribution is 0.628. The molecule has 0 radical (unpaired) electrons. The van der Waals surface area contributed by atoms with Gasteiger partial charge in [-0.1, -0.05) is 0 Å². The highest BCUT2D eigenvalue weighted by Crippen LogP contribution is 2.27. The Kier molecular flexibility index (Phi) is 3.70.